The molecule has 2 atom stereocenters. The van der Waals surface area contributed by atoms with Crippen molar-refractivity contribution in [1.82, 2.24) is 9.80 Å². The maximum Gasteiger partial charge on any atom is 0.234 e. The second kappa shape index (κ2) is 6.81. The summed E-state index contributed by atoms with van der Waals surface area (Å²) in [6.07, 6.45) is 0. The summed E-state index contributed by atoms with van der Waals surface area (Å²) in [5.74, 6) is -1.28. The van der Waals surface area contributed by atoms with E-state index in [1.807, 2.05) is 11.0 Å². The highest BCUT2D eigenvalue weighted by Gasteiger charge is 2.52. The van der Waals surface area contributed by atoms with Crippen molar-refractivity contribution in [2.75, 3.05) is 19.9 Å². The van der Waals surface area contributed by atoms with Crippen LogP contribution in [-0.2, 0) is 22.7 Å². The lowest BCUT2D eigenvalue weighted by Gasteiger charge is -2.21. The zero-order valence-corrected chi connectivity index (χ0v) is 15.4. The largest absolute Gasteiger partial charge is 0.454 e. The monoisotopic (exact) mass is 400 g/mol. The van der Waals surface area contributed by atoms with Crippen LogP contribution in [0.25, 0.3) is 0 Å². The first kappa shape index (κ1) is 18.1. The Bertz CT molecular complexity index is 988. The number of imide groups is 1. The first-order valence-corrected chi connectivity index (χ1v) is 9.39. The van der Waals surface area contributed by atoms with Gasteiger partial charge in [0, 0.05) is 31.3 Å². The Hall–Kier alpha value is -3.00. The van der Waals surface area contributed by atoms with Crippen LogP contribution < -0.4 is 9.47 Å². The molecule has 2 aromatic carbocycles. The maximum atomic E-state index is 13.9. The Balaban J connectivity index is 1.27. The van der Waals surface area contributed by atoms with Gasteiger partial charge in [-0.15, -0.1) is 0 Å². The molecule has 29 heavy (non-hydrogen) atoms. The van der Waals surface area contributed by atoms with Gasteiger partial charge >= 0.3 is 0 Å². The summed E-state index contributed by atoms with van der Waals surface area (Å²) in [6, 6.07) is 8.80. The van der Waals surface area contributed by atoms with Crippen LogP contribution in [0.4, 0.5) is 8.78 Å². The number of rotatable bonds is 4. The third kappa shape index (κ3) is 3.13. The van der Waals surface area contributed by atoms with Gasteiger partial charge in [0.2, 0.25) is 18.6 Å². The van der Waals surface area contributed by atoms with Crippen LogP contribution in [0.3, 0.4) is 0 Å². The van der Waals surface area contributed by atoms with Gasteiger partial charge < -0.3 is 9.47 Å². The van der Waals surface area contributed by atoms with E-state index >= 15 is 0 Å². The van der Waals surface area contributed by atoms with Crippen molar-refractivity contribution in [2.45, 2.75) is 13.1 Å². The van der Waals surface area contributed by atoms with Gasteiger partial charge in [-0.25, -0.2) is 8.78 Å². The van der Waals surface area contributed by atoms with E-state index < -0.39 is 23.5 Å². The molecule has 8 heteroatoms. The molecule has 0 aromatic heterocycles. The molecule has 2 saturated heterocycles. The fourth-order valence-corrected chi connectivity index (χ4v) is 4.29. The van der Waals surface area contributed by atoms with Crippen LogP contribution in [0.15, 0.2) is 36.4 Å². The highest BCUT2D eigenvalue weighted by molar-refractivity contribution is 6.05. The van der Waals surface area contributed by atoms with E-state index in [2.05, 4.69) is 0 Å². The van der Waals surface area contributed by atoms with Crippen LogP contribution in [0.1, 0.15) is 11.1 Å². The van der Waals surface area contributed by atoms with Gasteiger partial charge in [-0.1, -0.05) is 12.1 Å². The third-order valence-corrected chi connectivity index (χ3v) is 5.75. The van der Waals surface area contributed by atoms with E-state index in [4.69, 9.17) is 9.47 Å². The normalized spacial score (nSPS) is 23.2. The topological polar surface area (TPSA) is 59.1 Å². The minimum atomic E-state index is -0.631. The molecular formula is C21H18F2N2O4. The Morgan fingerprint density at radius 1 is 0.897 bits per heavy atom. The van der Waals surface area contributed by atoms with E-state index in [9.17, 15) is 18.4 Å². The number of halogens is 2. The molecule has 0 N–H and O–H groups in total. The zero-order chi connectivity index (χ0) is 20.1. The highest BCUT2D eigenvalue weighted by atomic mass is 19.1. The predicted octanol–water partition coefficient (Wildman–Crippen LogP) is 2.31. The second-order valence-corrected chi connectivity index (χ2v) is 7.59. The summed E-state index contributed by atoms with van der Waals surface area (Å²) in [5, 5.41) is 0. The van der Waals surface area contributed by atoms with Gasteiger partial charge in [0.1, 0.15) is 11.6 Å². The standard InChI is InChI=1S/C21H18F2N2O4/c22-14-3-2-13(17(23)6-14)8-24-9-15-16(10-24)21(27)25(20(15)26)7-12-1-4-18-19(5-12)29-11-28-18/h1-6,15-16H,7-11H2/t15-,16+. The number of benzene rings is 2. The lowest BCUT2D eigenvalue weighted by molar-refractivity contribution is -0.141. The van der Waals surface area contributed by atoms with Gasteiger partial charge in [-0.3, -0.25) is 19.4 Å². The number of carbonyl (C=O) groups is 2. The summed E-state index contributed by atoms with van der Waals surface area (Å²) >= 11 is 0. The highest BCUT2D eigenvalue weighted by Crippen LogP contribution is 2.37. The van der Waals surface area contributed by atoms with Crippen molar-refractivity contribution in [2.24, 2.45) is 11.8 Å². The number of likely N-dealkylation sites (tertiary alicyclic amines) is 2. The summed E-state index contributed by atoms with van der Waals surface area (Å²) in [5.41, 5.74) is 1.14. The summed E-state index contributed by atoms with van der Waals surface area (Å²) in [6.45, 7) is 1.35. The zero-order valence-electron chi connectivity index (χ0n) is 15.4. The fourth-order valence-electron chi connectivity index (χ4n) is 4.29. The number of nitrogens with zero attached hydrogens (tertiary/aromatic N) is 2. The van der Waals surface area contributed by atoms with Crippen molar-refractivity contribution in [3.05, 3.63) is 59.2 Å². The van der Waals surface area contributed by atoms with Crippen LogP contribution in [0.5, 0.6) is 11.5 Å². The number of fused-ring (bicyclic) bond motifs is 2. The van der Waals surface area contributed by atoms with E-state index in [1.54, 1.807) is 12.1 Å². The average Bonchev–Trinajstić information content (AvgIpc) is 3.38. The molecule has 3 aliphatic heterocycles. The Labute approximate surface area is 165 Å². The number of carbonyl (C=O) groups excluding carboxylic acids is 2. The molecule has 3 aliphatic rings. The predicted molar refractivity (Wildman–Crippen MR) is 96.7 cm³/mol. The molecule has 0 bridgehead atoms. The molecule has 3 heterocycles. The molecule has 2 amide bonds. The van der Waals surface area contributed by atoms with Crippen molar-refractivity contribution in [3.8, 4) is 11.5 Å². The van der Waals surface area contributed by atoms with Crippen molar-refractivity contribution >= 4 is 11.8 Å². The molecular weight excluding hydrogens is 382 g/mol. The quantitative estimate of drug-likeness (QED) is 0.738. The van der Waals surface area contributed by atoms with E-state index in [0.29, 0.717) is 30.2 Å². The minimum absolute atomic E-state index is 0.162. The van der Waals surface area contributed by atoms with Crippen molar-refractivity contribution in [1.29, 1.82) is 0 Å². The van der Waals surface area contributed by atoms with Crippen LogP contribution in [-0.4, -0.2) is 41.5 Å². The van der Waals surface area contributed by atoms with Crippen LogP contribution >= 0.6 is 0 Å². The number of ether oxygens (including phenoxy) is 2. The van der Waals surface area contributed by atoms with Crippen molar-refractivity contribution in [3.63, 3.8) is 0 Å². The second-order valence-electron chi connectivity index (χ2n) is 7.59. The first-order chi connectivity index (χ1) is 14.0. The molecule has 0 radical (unpaired) electrons. The molecule has 2 aromatic rings. The first-order valence-electron chi connectivity index (χ1n) is 9.39. The van der Waals surface area contributed by atoms with Gasteiger partial charge in [-0.2, -0.15) is 0 Å². The Kier molecular flexibility index (Phi) is 4.24. The molecule has 6 nitrogen and oxygen atoms in total. The molecule has 0 aliphatic carbocycles. The smallest absolute Gasteiger partial charge is 0.234 e. The van der Waals surface area contributed by atoms with Crippen LogP contribution in [0.2, 0.25) is 0 Å². The Morgan fingerprint density at radius 3 is 2.34 bits per heavy atom. The van der Waals surface area contributed by atoms with E-state index in [1.165, 1.54) is 17.0 Å². The van der Waals surface area contributed by atoms with Gasteiger partial charge in [0.05, 0.1) is 18.4 Å². The van der Waals surface area contributed by atoms with E-state index in [0.717, 1.165) is 11.6 Å². The summed E-state index contributed by atoms with van der Waals surface area (Å²) in [4.78, 5) is 28.9. The summed E-state index contributed by atoms with van der Waals surface area (Å²) in [7, 11) is 0. The average molecular weight is 400 g/mol. The SMILES string of the molecule is O=C1[C@H]2CN(Cc3ccc(F)cc3F)C[C@H]2C(=O)N1Cc1ccc2c(c1)OCO2. The molecule has 5 rings (SSSR count). The third-order valence-electron chi connectivity index (χ3n) is 5.75. The van der Waals surface area contributed by atoms with Gasteiger partial charge in [0.25, 0.3) is 0 Å². The van der Waals surface area contributed by atoms with Crippen molar-refractivity contribution < 1.29 is 27.8 Å². The number of hydrogen-bond donors (Lipinski definition) is 0. The molecule has 0 saturated carbocycles. The molecule has 0 spiro atoms. The Morgan fingerprint density at radius 2 is 1.62 bits per heavy atom. The van der Waals surface area contributed by atoms with Gasteiger partial charge in [-0.05, 0) is 23.8 Å². The molecule has 2 fully saturated rings. The maximum absolute atomic E-state index is 13.9. The fraction of sp³-hybridized carbons (Fsp3) is 0.333. The lowest BCUT2D eigenvalue weighted by atomic mass is 10.00. The summed E-state index contributed by atoms with van der Waals surface area (Å²) < 4.78 is 37.6. The minimum Gasteiger partial charge on any atom is -0.454 e. The number of hydrogen-bond acceptors (Lipinski definition) is 5. The molecule has 150 valence electrons. The van der Waals surface area contributed by atoms with E-state index in [-0.39, 0.29) is 31.7 Å². The molecule has 0 unspecified atom stereocenters. The lowest BCUT2D eigenvalue weighted by Crippen LogP contribution is -2.35. The van der Waals surface area contributed by atoms with Crippen LogP contribution in [0, 0.1) is 23.5 Å². The number of amides is 2. The van der Waals surface area contributed by atoms with Gasteiger partial charge in [0.15, 0.2) is 11.5 Å².